The molecular formula is C16H22BrNO2. The van der Waals surface area contributed by atoms with Crippen LogP contribution < -0.4 is 14.8 Å². The summed E-state index contributed by atoms with van der Waals surface area (Å²) in [5.41, 5.74) is 1.24. The van der Waals surface area contributed by atoms with Crippen LogP contribution in [0.4, 0.5) is 0 Å². The van der Waals surface area contributed by atoms with Gasteiger partial charge in [-0.1, -0.05) is 13.8 Å². The monoisotopic (exact) mass is 339 g/mol. The van der Waals surface area contributed by atoms with Gasteiger partial charge in [-0.2, -0.15) is 0 Å². The SMILES string of the molecule is CC1CCC(NCc2cc(Br)c3c(c2)OCO3)C(C)C1. The highest BCUT2D eigenvalue weighted by Gasteiger charge is 2.25. The van der Waals surface area contributed by atoms with Crippen molar-refractivity contribution in [3.8, 4) is 11.5 Å². The van der Waals surface area contributed by atoms with Gasteiger partial charge in [0.1, 0.15) is 0 Å². The fourth-order valence-corrected chi connectivity index (χ4v) is 3.94. The first kappa shape index (κ1) is 14.2. The van der Waals surface area contributed by atoms with E-state index < -0.39 is 0 Å². The number of benzene rings is 1. The maximum Gasteiger partial charge on any atom is 0.231 e. The van der Waals surface area contributed by atoms with Crippen molar-refractivity contribution in [1.29, 1.82) is 0 Å². The molecule has 3 nitrogen and oxygen atoms in total. The second-order valence-corrected chi connectivity index (χ2v) is 7.05. The lowest BCUT2D eigenvalue weighted by Crippen LogP contribution is -2.38. The van der Waals surface area contributed by atoms with E-state index in [1.165, 1.54) is 24.8 Å². The quantitative estimate of drug-likeness (QED) is 0.899. The largest absolute Gasteiger partial charge is 0.454 e. The summed E-state index contributed by atoms with van der Waals surface area (Å²) >= 11 is 3.55. The van der Waals surface area contributed by atoms with Gasteiger partial charge in [-0.05, 0) is 64.7 Å². The van der Waals surface area contributed by atoms with E-state index in [-0.39, 0.29) is 0 Å². The number of ether oxygens (including phenoxy) is 2. The minimum Gasteiger partial charge on any atom is -0.454 e. The minimum absolute atomic E-state index is 0.322. The zero-order valence-corrected chi connectivity index (χ0v) is 13.7. The van der Waals surface area contributed by atoms with Crippen LogP contribution in [-0.4, -0.2) is 12.8 Å². The molecule has 20 heavy (non-hydrogen) atoms. The number of fused-ring (bicyclic) bond motifs is 1. The number of hydrogen-bond donors (Lipinski definition) is 1. The molecule has 0 spiro atoms. The van der Waals surface area contributed by atoms with Crippen LogP contribution in [0, 0.1) is 11.8 Å². The minimum atomic E-state index is 0.322. The van der Waals surface area contributed by atoms with E-state index in [1.54, 1.807) is 0 Å². The summed E-state index contributed by atoms with van der Waals surface area (Å²) in [6, 6.07) is 4.84. The topological polar surface area (TPSA) is 30.5 Å². The van der Waals surface area contributed by atoms with Crippen molar-refractivity contribution in [3.63, 3.8) is 0 Å². The second-order valence-electron chi connectivity index (χ2n) is 6.19. The van der Waals surface area contributed by atoms with Crippen LogP contribution in [0.15, 0.2) is 16.6 Å². The second kappa shape index (κ2) is 5.94. The van der Waals surface area contributed by atoms with E-state index in [0.29, 0.717) is 12.8 Å². The van der Waals surface area contributed by atoms with Gasteiger partial charge in [0.25, 0.3) is 0 Å². The van der Waals surface area contributed by atoms with Gasteiger partial charge in [0.15, 0.2) is 11.5 Å². The summed E-state index contributed by atoms with van der Waals surface area (Å²) in [6.07, 6.45) is 3.96. The highest BCUT2D eigenvalue weighted by Crippen LogP contribution is 2.40. The molecule has 0 amide bonds. The van der Waals surface area contributed by atoms with Gasteiger partial charge in [-0.25, -0.2) is 0 Å². The maximum atomic E-state index is 5.47. The van der Waals surface area contributed by atoms with Gasteiger partial charge < -0.3 is 14.8 Å². The summed E-state index contributed by atoms with van der Waals surface area (Å²) in [5, 5.41) is 3.71. The Morgan fingerprint density at radius 3 is 2.90 bits per heavy atom. The average Bonchev–Trinajstić information content (AvgIpc) is 2.86. The van der Waals surface area contributed by atoms with Gasteiger partial charge >= 0.3 is 0 Å². The third kappa shape index (κ3) is 2.96. The van der Waals surface area contributed by atoms with Gasteiger partial charge in [-0.15, -0.1) is 0 Å². The summed E-state index contributed by atoms with van der Waals surface area (Å²) in [7, 11) is 0. The van der Waals surface area contributed by atoms with Crippen molar-refractivity contribution in [3.05, 3.63) is 22.2 Å². The lowest BCUT2D eigenvalue weighted by molar-refractivity contribution is 0.173. The van der Waals surface area contributed by atoms with Crippen LogP contribution in [-0.2, 0) is 6.54 Å². The highest BCUT2D eigenvalue weighted by molar-refractivity contribution is 9.10. The zero-order chi connectivity index (χ0) is 14.1. The van der Waals surface area contributed by atoms with E-state index in [9.17, 15) is 0 Å². The molecule has 1 aliphatic heterocycles. The molecule has 2 aliphatic rings. The Labute approximate surface area is 129 Å². The molecule has 3 rings (SSSR count). The summed E-state index contributed by atoms with van der Waals surface area (Å²) in [4.78, 5) is 0. The first-order chi connectivity index (χ1) is 9.63. The van der Waals surface area contributed by atoms with Gasteiger partial charge in [0.2, 0.25) is 6.79 Å². The Hall–Kier alpha value is -0.740. The van der Waals surface area contributed by atoms with E-state index >= 15 is 0 Å². The Kier molecular flexibility index (Phi) is 4.22. The summed E-state index contributed by atoms with van der Waals surface area (Å²) < 4.78 is 11.9. The van der Waals surface area contributed by atoms with Gasteiger partial charge in [-0.3, -0.25) is 0 Å². The number of hydrogen-bond acceptors (Lipinski definition) is 3. The molecule has 0 aromatic heterocycles. The van der Waals surface area contributed by atoms with Crippen molar-refractivity contribution < 1.29 is 9.47 Å². The summed E-state index contributed by atoms with van der Waals surface area (Å²) in [5.74, 6) is 3.31. The number of halogens is 1. The molecule has 1 heterocycles. The van der Waals surface area contributed by atoms with Crippen LogP contribution >= 0.6 is 15.9 Å². The van der Waals surface area contributed by atoms with Crippen molar-refractivity contribution in [2.75, 3.05) is 6.79 Å². The van der Waals surface area contributed by atoms with Crippen molar-refractivity contribution in [1.82, 2.24) is 5.32 Å². The molecule has 3 unspecified atom stereocenters. The van der Waals surface area contributed by atoms with Crippen molar-refractivity contribution >= 4 is 15.9 Å². The molecule has 0 bridgehead atoms. The first-order valence-electron chi connectivity index (χ1n) is 7.45. The molecule has 1 aromatic rings. The molecular weight excluding hydrogens is 318 g/mol. The van der Waals surface area contributed by atoms with E-state index in [4.69, 9.17) is 9.47 Å². The zero-order valence-electron chi connectivity index (χ0n) is 12.1. The number of nitrogens with one attached hydrogen (secondary N) is 1. The molecule has 1 fully saturated rings. The van der Waals surface area contributed by atoms with Crippen LogP contribution in [0.2, 0.25) is 0 Å². The molecule has 110 valence electrons. The van der Waals surface area contributed by atoms with E-state index in [1.807, 2.05) is 0 Å². The van der Waals surface area contributed by atoms with Crippen LogP contribution in [0.5, 0.6) is 11.5 Å². The molecule has 4 heteroatoms. The Bertz CT molecular complexity index is 492. The molecule has 1 saturated carbocycles. The fourth-order valence-electron chi connectivity index (χ4n) is 3.34. The van der Waals surface area contributed by atoms with Crippen molar-refractivity contribution in [2.45, 2.75) is 45.7 Å². The predicted molar refractivity (Wildman–Crippen MR) is 83.1 cm³/mol. The molecule has 3 atom stereocenters. The highest BCUT2D eigenvalue weighted by atomic mass is 79.9. The Morgan fingerprint density at radius 2 is 2.10 bits per heavy atom. The Balaban J connectivity index is 1.63. The standard InChI is InChI=1S/C16H22BrNO2/c1-10-3-4-14(11(2)5-10)18-8-12-6-13(17)16-15(7-12)19-9-20-16/h6-7,10-11,14,18H,3-5,8-9H2,1-2H3. The smallest absolute Gasteiger partial charge is 0.231 e. The lowest BCUT2D eigenvalue weighted by atomic mass is 9.80. The molecule has 1 N–H and O–H groups in total. The molecule has 1 aliphatic carbocycles. The number of rotatable bonds is 3. The predicted octanol–water partition coefficient (Wildman–Crippen LogP) is 4.09. The third-order valence-corrected chi connectivity index (χ3v) is 5.08. The Morgan fingerprint density at radius 1 is 1.25 bits per heavy atom. The lowest BCUT2D eigenvalue weighted by Gasteiger charge is -2.33. The van der Waals surface area contributed by atoms with Crippen LogP contribution in [0.25, 0.3) is 0 Å². The first-order valence-corrected chi connectivity index (χ1v) is 8.24. The van der Waals surface area contributed by atoms with Gasteiger partial charge in [0.05, 0.1) is 4.47 Å². The molecule has 1 aromatic carbocycles. The van der Waals surface area contributed by atoms with Gasteiger partial charge in [0, 0.05) is 12.6 Å². The third-order valence-electron chi connectivity index (χ3n) is 4.49. The van der Waals surface area contributed by atoms with Crippen LogP contribution in [0.1, 0.15) is 38.7 Å². The fraction of sp³-hybridized carbons (Fsp3) is 0.625. The van der Waals surface area contributed by atoms with Crippen LogP contribution in [0.3, 0.4) is 0 Å². The van der Waals surface area contributed by atoms with Crippen molar-refractivity contribution in [2.24, 2.45) is 11.8 Å². The maximum absolute atomic E-state index is 5.47. The normalized spacial score (nSPS) is 28.6. The molecule has 0 radical (unpaired) electrons. The van der Waals surface area contributed by atoms with E-state index in [0.717, 1.165) is 34.4 Å². The van der Waals surface area contributed by atoms with E-state index in [2.05, 4.69) is 47.2 Å². The average molecular weight is 340 g/mol. The summed E-state index contributed by atoms with van der Waals surface area (Å²) in [6.45, 7) is 5.94. The molecule has 0 saturated heterocycles.